The second-order valence-corrected chi connectivity index (χ2v) is 11.1. The van der Waals surface area contributed by atoms with Crippen molar-refractivity contribution in [2.24, 2.45) is 5.10 Å². The largest absolute Gasteiger partial charge is 0.271 e. The fourth-order valence-corrected chi connectivity index (χ4v) is 5.83. The minimum atomic E-state index is -4.05. The van der Waals surface area contributed by atoms with Gasteiger partial charge in [-0.25, -0.2) is 13.8 Å². The third-order valence-electron chi connectivity index (χ3n) is 6.21. The van der Waals surface area contributed by atoms with Gasteiger partial charge in [-0.15, -0.1) is 0 Å². The van der Waals surface area contributed by atoms with E-state index < -0.39 is 22.5 Å². The number of amides is 1. The van der Waals surface area contributed by atoms with Gasteiger partial charge in [0.1, 0.15) is 6.54 Å². The van der Waals surface area contributed by atoms with Gasteiger partial charge >= 0.3 is 0 Å². The number of halogens is 1. The highest BCUT2D eigenvalue weighted by atomic mass is 35.5. The summed E-state index contributed by atoms with van der Waals surface area (Å²) in [5.74, 6) is -0.580. The summed E-state index contributed by atoms with van der Waals surface area (Å²) in [6.45, 7) is 1.45. The highest BCUT2D eigenvalue weighted by molar-refractivity contribution is 7.92. The Labute approximate surface area is 226 Å². The molecule has 190 valence electrons. The molecule has 0 unspecified atom stereocenters. The van der Waals surface area contributed by atoms with E-state index in [0.29, 0.717) is 10.7 Å². The Bertz CT molecular complexity index is 1710. The van der Waals surface area contributed by atoms with Crippen molar-refractivity contribution >= 4 is 61.0 Å². The smallest absolute Gasteiger partial charge is 0.264 e. The van der Waals surface area contributed by atoms with Crippen molar-refractivity contribution in [2.45, 2.75) is 11.8 Å². The number of carbonyl (C=O) groups is 1. The normalized spacial score (nSPS) is 11.7. The topological polar surface area (TPSA) is 78.8 Å². The molecule has 0 saturated carbocycles. The second kappa shape index (κ2) is 10.7. The second-order valence-electron chi connectivity index (χ2n) is 8.83. The van der Waals surface area contributed by atoms with Crippen molar-refractivity contribution in [3.8, 4) is 0 Å². The number of rotatable bonds is 7. The van der Waals surface area contributed by atoms with Crippen LogP contribution in [0.25, 0.3) is 21.5 Å². The van der Waals surface area contributed by atoms with E-state index in [1.165, 1.54) is 24.3 Å². The number of carbonyl (C=O) groups excluding carboxylic acids is 1. The third kappa shape index (κ3) is 5.25. The van der Waals surface area contributed by atoms with Crippen LogP contribution in [0, 0.1) is 6.92 Å². The number of hydrogen-bond acceptors (Lipinski definition) is 4. The van der Waals surface area contributed by atoms with E-state index in [0.717, 1.165) is 37.0 Å². The van der Waals surface area contributed by atoms with E-state index in [1.807, 2.05) is 55.5 Å². The summed E-state index contributed by atoms with van der Waals surface area (Å²) >= 11 is 5.95. The molecule has 0 aliphatic rings. The number of sulfonamides is 1. The van der Waals surface area contributed by atoms with Gasteiger partial charge in [-0.2, -0.15) is 5.10 Å². The van der Waals surface area contributed by atoms with E-state index in [-0.39, 0.29) is 4.90 Å². The summed E-state index contributed by atoms with van der Waals surface area (Å²) in [5, 5.41) is 8.72. The first-order valence-electron chi connectivity index (χ1n) is 11.9. The summed E-state index contributed by atoms with van der Waals surface area (Å²) in [4.78, 5) is 13.0. The van der Waals surface area contributed by atoms with Gasteiger partial charge in [0.25, 0.3) is 15.9 Å². The third-order valence-corrected chi connectivity index (χ3v) is 8.25. The number of hydrazone groups is 1. The Morgan fingerprint density at radius 2 is 1.45 bits per heavy atom. The maximum Gasteiger partial charge on any atom is 0.264 e. The monoisotopic (exact) mass is 541 g/mol. The molecule has 5 aromatic carbocycles. The van der Waals surface area contributed by atoms with Crippen molar-refractivity contribution in [2.75, 3.05) is 10.8 Å². The summed E-state index contributed by atoms with van der Waals surface area (Å²) in [5.41, 5.74) is 4.70. The predicted molar refractivity (Wildman–Crippen MR) is 154 cm³/mol. The standard InChI is InChI=1S/C30H24ClN3O3S/c1-21-10-14-25(15-11-21)34(38(36,37)26-16-12-24(31)13-17-26)20-30(35)33-32-19-29-27-8-4-2-6-22(27)18-23-7-3-5-9-28(23)29/h2-19H,20H2,1H3,(H,33,35)/b32-19-. The van der Waals surface area contributed by atoms with Crippen LogP contribution in [0.5, 0.6) is 0 Å². The van der Waals surface area contributed by atoms with Crippen LogP contribution in [-0.4, -0.2) is 27.1 Å². The number of nitrogens with zero attached hydrogens (tertiary/aromatic N) is 2. The average Bonchev–Trinajstić information content (AvgIpc) is 2.92. The fourth-order valence-electron chi connectivity index (χ4n) is 4.28. The zero-order valence-corrected chi connectivity index (χ0v) is 22.1. The number of hydrogen-bond donors (Lipinski definition) is 1. The van der Waals surface area contributed by atoms with E-state index in [9.17, 15) is 13.2 Å². The number of anilines is 1. The first kappa shape index (κ1) is 25.4. The maximum absolute atomic E-state index is 13.5. The van der Waals surface area contributed by atoms with E-state index in [2.05, 4.69) is 16.6 Å². The van der Waals surface area contributed by atoms with Crippen molar-refractivity contribution in [3.05, 3.63) is 119 Å². The Morgan fingerprint density at radius 3 is 2.05 bits per heavy atom. The number of aryl methyl sites for hydroxylation is 1. The molecule has 0 radical (unpaired) electrons. The molecule has 0 spiro atoms. The molecule has 0 aromatic heterocycles. The summed E-state index contributed by atoms with van der Waals surface area (Å²) in [6.07, 6.45) is 1.60. The van der Waals surface area contributed by atoms with Crippen molar-refractivity contribution in [3.63, 3.8) is 0 Å². The first-order chi connectivity index (χ1) is 18.3. The van der Waals surface area contributed by atoms with Gasteiger partial charge in [0.05, 0.1) is 16.8 Å². The lowest BCUT2D eigenvalue weighted by molar-refractivity contribution is -0.119. The van der Waals surface area contributed by atoms with Gasteiger partial charge in [-0.1, -0.05) is 77.8 Å². The predicted octanol–water partition coefficient (Wildman–Crippen LogP) is 6.30. The minimum Gasteiger partial charge on any atom is -0.271 e. The molecule has 0 atom stereocenters. The molecular formula is C30H24ClN3O3S. The van der Waals surface area contributed by atoms with E-state index in [4.69, 9.17) is 11.6 Å². The van der Waals surface area contributed by atoms with Gasteiger partial charge in [0.2, 0.25) is 0 Å². The summed E-state index contributed by atoms with van der Waals surface area (Å²) < 4.78 is 28.1. The summed E-state index contributed by atoms with van der Waals surface area (Å²) in [6, 6.07) is 30.8. The Balaban J connectivity index is 1.44. The molecule has 1 N–H and O–H groups in total. The molecule has 6 nitrogen and oxygen atoms in total. The van der Waals surface area contributed by atoms with Crippen molar-refractivity contribution in [1.82, 2.24) is 5.43 Å². The van der Waals surface area contributed by atoms with Crippen LogP contribution in [-0.2, 0) is 14.8 Å². The lowest BCUT2D eigenvalue weighted by Gasteiger charge is -2.24. The van der Waals surface area contributed by atoms with Crippen LogP contribution < -0.4 is 9.73 Å². The minimum absolute atomic E-state index is 0.0287. The molecule has 38 heavy (non-hydrogen) atoms. The highest BCUT2D eigenvalue weighted by Crippen LogP contribution is 2.28. The zero-order chi connectivity index (χ0) is 26.7. The SMILES string of the molecule is Cc1ccc(N(CC(=O)N/N=C\c2c3ccccc3cc3ccccc23)S(=O)(=O)c2ccc(Cl)cc2)cc1. The Kier molecular flexibility index (Phi) is 7.13. The molecule has 0 aliphatic carbocycles. The molecule has 5 aromatic rings. The number of fused-ring (bicyclic) bond motifs is 2. The van der Waals surface area contributed by atoms with E-state index >= 15 is 0 Å². The average molecular weight is 542 g/mol. The Morgan fingerprint density at radius 1 is 0.868 bits per heavy atom. The first-order valence-corrected chi connectivity index (χ1v) is 13.7. The van der Waals surface area contributed by atoms with Gasteiger partial charge in [-0.05, 0) is 70.9 Å². The van der Waals surface area contributed by atoms with Gasteiger partial charge < -0.3 is 0 Å². The molecule has 8 heteroatoms. The number of benzene rings is 5. The molecule has 1 amide bonds. The van der Waals surface area contributed by atoms with Crippen LogP contribution in [0.4, 0.5) is 5.69 Å². The van der Waals surface area contributed by atoms with Crippen molar-refractivity contribution in [1.29, 1.82) is 0 Å². The van der Waals surface area contributed by atoms with Gasteiger partial charge in [-0.3, -0.25) is 9.10 Å². The number of nitrogens with one attached hydrogen (secondary N) is 1. The lowest BCUT2D eigenvalue weighted by Crippen LogP contribution is -2.39. The van der Waals surface area contributed by atoms with E-state index in [1.54, 1.807) is 30.5 Å². The lowest BCUT2D eigenvalue weighted by atomic mass is 9.97. The maximum atomic E-state index is 13.5. The van der Waals surface area contributed by atoms with Crippen LogP contribution in [0.1, 0.15) is 11.1 Å². The van der Waals surface area contributed by atoms with Gasteiger partial charge in [0.15, 0.2) is 0 Å². The van der Waals surface area contributed by atoms with Crippen LogP contribution in [0.15, 0.2) is 113 Å². The van der Waals surface area contributed by atoms with Gasteiger partial charge in [0, 0.05) is 10.6 Å². The zero-order valence-electron chi connectivity index (χ0n) is 20.5. The molecule has 0 fully saturated rings. The molecule has 0 saturated heterocycles. The van der Waals surface area contributed by atoms with Crippen molar-refractivity contribution < 1.29 is 13.2 Å². The molecule has 0 heterocycles. The molecule has 0 aliphatic heterocycles. The van der Waals surface area contributed by atoms with Crippen LogP contribution >= 0.6 is 11.6 Å². The van der Waals surface area contributed by atoms with Crippen LogP contribution in [0.2, 0.25) is 5.02 Å². The quantitative estimate of drug-likeness (QED) is 0.149. The van der Waals surface area contributed by atoms with Crippen LogP contribution in [0.3, 0.4) is 0 Å². The molecular weight excluding hydrogens is 518 g/mol. The molecule has 5 rings (SSSR count). The highest BCUT2D eigenvalue weighted by Gasteiger charge is 2.27. The summed E-state index contributed by atoms with van der Waals surface area (Å²) in [7, 11) is -4.05. The molecule has 0 bridgehead atoms. The fraction of sp³-hybridized carbons (Fsp3) is 0.0667. The Hall–Kier alpha value is -4.20.